The summed E-state index contributed by atoms with van der Waals surface area (Å²) in [5.74, 6) is -0.782. The molecular weight excluding hydrogens is 220 g/mol. The summed E-state index contributed by atoms with van der Waals surface area (Å²) in [6.45, 7) is 3.63. The van der Waals surface area contributed by atoms with Crippen LogP contribution in [-0.2, 0) is 19.1 Å². The molecule has 0 bridgehead atoms. The molecule has 1 saturated carbocycles. The zero-order chi connectivity index (χ0) is 12.7. The van der Waals surface area contributed by atoms with Gasteiger partial charge in [0.25, 0.3) is 0 Å². The summed E-state index contributed by atoms with van der Waals surface area (Å²) in [5, 5.41) is 0. The minimum atomic E-state index is -0.603. The number of allylic oxidation sites excluding steroid dienone is 2. The maximum Gasteiger partial charge on any atom is 0.331 e. The molecule has 0 radical (unpaired) electrons. The number of rotatable bonds is 5. The summed E-state index contributed by atoms with van der Waals surface area (Å²) < 4.78 is 10.4. The largest absolute Gasteiger partial charge is 0.458 e. The molecule has 0 spiro atoms. The number of carbonyl (C=O) groups excluding carboxylic acids is 2. The quantitative estimate of drug-likeness (QED) is 0.544. The van der Waals surface area contributed by atoms with E-state index in [-0.39, 0.29) is 12.6 Å². The van der Waals surface area contributed by atoms with E-state index < -0.39 is 11.6 Å². The van der Waals surface area contributed by atoms with Crippen molar-refractivity contribution in [3.63, 3.8) is 0 Å². The highest BCUT2D eigenvalue weighted by Gasteiger charge is 2.41. The highest BCUT2D eigenvalue weighted by molar-refractivity contribution is 5.83. The predicted octanol–water partition coefficient (Wildman–Crippen LogP) is 2.15. The van der Waals surface area contributed by atoms with Gasteiger partial charge in [-0.1, -0.05) is 12.2 Å². The third-order valence-corrected chi connectivity index (χ3v) is 2.66. The van der Waals surface area contributed by atoms with E-state index in [4.69, 9.17) is 9.47 Å². The molecule has 0 heterocycles. The molecule has 0 N–H and O–H groups in total. The van der Waals surface area contributed by atoms with Crippen molar-refractivity contribution in [1.82, 2.24) is 0 Å². The van der Waals surface area contributed by atoms with Crippen molar-refractivity contribution >= 4 is 11.9 Å². The molecule has 17 heavy (non-hydrogen) atoms. The number of esters is 2. The summed E-state index contributed by atoms with van der Waals surface area (Å²) in [5.41, 5.74) is -0.603. The highest BCUT2D eigenvalue weighted by atomic mass is 16.6. The Morgan fingerprint density at radius 3 is 2.18 bits per heavy atom. The molecule has 1 aliphatic carbocycles. The van der Waals surface area contributed by atoms with Gasteiger partial charge in [0, 0.05) is 12.2 Å². The first-order valence-electron chi connectivity index (χ1n) is 5.77. The molecule has 4 heteroatoms. The molecule has 1 rings (SSSR count). The fraction of sp³-hybridized carbons (Fsp3) is 0.538. The first kappa shape index (κ1) is 13.5. The van der Waals surface area contributed by atoms with Crippen LogP contribution in [0.2, 0.25) is 0 Å². The van der Waals surface area contributed by atoms with Gasteiger partial charge in [-0.15, -0.1) is 0 Å². The van der Waals surface area contributed by atoms with E-state index in [1.807, 2.05) is 0 Å². The zero-order valence-electron chi connectivity index (χ0n) is 10.3. The number of carbonyl (C=O) groups is 2. The van der Waals surface area contributed by atoms with E-state index in [9.17, 15) is 9.59 Å². The predicted molar refractivity (Wildman–Crippen MR) is 63.3 cm³/mol. The second-order valence-corrected chi connectivity index (χ2v) is 4.07. The van der Waals surface area contributed by atoms with E-state index in [0.717, 1.165) is 19.3 Å². The Kier molecular flexibility index (Phi) is 4.94. The topological polar surface area (TPSA) is 52.6 Å². The number of ether oxygens (including phenoxy) is 2. The normalized spacial score (nSPS) is 18.0. The molecular formula is C13H18O4. The first-order chi connectivity index (χ1) is 8.12. The van der Waals surface area contributed by atoms with Gasteiger partial charge in [-0.25, -0.2) is 9.59 Å². The van der Waals surface area contributed by atoms with E-state index >= 15 is 0 Å². The van der Waals surface area contributed by atoms with Gasteiger partial charge >= 0.3 is 11.9 Å². The molecule has 0 aromatic heterocycles. The van der Waals surface area contributed by atoms with E-state index in [1.165, 1.54) is 12.2 Å². The Hall–Kier alpha value is -1.58. The van der Waals surface area contributed by atoms with Gasteiger partial charge in [-0.05, 0) is 33.1 Å². The van der Waals surface area contributed by atoms with Gasteiger partial charge in [-0.3, -0.25) is 0 Å². The Morgan fingerprint density at radius 1 is 1.12 bits per heavy atom. The molecule has 0 aliphatic heterocycles. The lowest BCUT2D eigenvalue weighted by Crippen LogP contribution is -2.46. The van der Waals surface area contributed by atoms with E-state index in [0.29, 0.717) is 0 Å². The van der Waals surface area contributed by atoms with Crippen LogP contribution < -0.4 is 0 Å². The number of hydrogen-bond acceptors (Lipinski definition) is 4. The highest BCUT2D eigenvalue weighted by Crippen LogP contribution is 2.36. The van der Waals surface area contributed by atoms with Crippen LogP contribution in [0.3, 0.4) is 0 Å². The van der Waals surface area contributed by atoms with Crippen molar-refractivity contribution in [2.24, 2.45) is 0 Å². The standard InChI is InChI=1S/C13H18O4/c1-3-6-11(14)16-10-13(8-5-9-13)17-12(15)7-4-2/h3-4,6-7H,5,8-10H2,1-2H3/b6-3+,7-4+. The first-order valence-corrected chi connectivity index (χ1v) is 5.77. The van der Waals surface area contributed by atoms with Gasteiger partial charge in [0.05, 0.1) is 0 Å². The van der Waals surface area contributed by atoms with Crippen LogP contribution in [0.5, 0.6) is 0 Å². The third-order valence-electron chi connectivity index (χ3n) is 2.66. The van der Waals surface area contributed by atoms with Crippen LogP contribution in [0.4, 0.5) is 0 Å². The lowest BCUT2D eigenvalue weighted by molar-refractivity contribution is -0.178. The van der Waals surface area contributed by atoms with Gasteiger partial charge in [0.15, 0.2) is 0 Å². The molecule has 94 valence electrons. The van der Waals surface area contributed by atoms with Gasteiger partial charge < -0.3 is 9.47 Å². The molecule has 0 unspecified atom stereocenters. The van der Waals surface area contributed by atoms with Crippen molar-refractivity contribution in [1.29, 1.82) is 0 Å². The molecule has 0 amide bonds. The average Bonchev–Trinajstić information content (AvgIpc) is 2.22. The van der Waals surface area contributed by atoms with Crippen LogP contribution >= 0.6 is 0 Å². The van der Waals surface area contributed by atoms with Gasteiger partial charge in [0.2, 0.25) is 0 Å². The summed E-state index contributed by atoms with van der Waals surface area (Å²) in [6.07, 6.45) is 8.44. The average molecular weight is 238 g/mol. The van der Waals surface area contributed by atoms with Crippen LogP contribution in [0.15, 0.2) is 24.3 Å². The van der Waals surface area contributed by atoms with Crippen molar-refractivity contribution in [2.75, 3.05) is 6.61 Å². The minimum Gasteiger partial charge on any atom is -0.458 e. The SMILES string of the molecule is C/C=C/C(=O)OCC1(OC(=O)/C=C/C)CCC1. The van der Waals surface area contributed by atoms with Crippen molar-refractivity contribution < 1.29 is 19.1 Å². The van der Waals surface area contributed by atoms with E-state index in [2.05, 4.69) is 0 Å². The summed E-state index contributed by atoms with van der Waals surface area (Å²) in [7, 11) is 0. The Balaban J connectivity index is 2.46. The molecule has 0 atom stereocenters. The van der Waals surface area contributed by atoms with Gasteiger partial charge in [-0.2, -0.15) is 0 Å². The smallest absolute Gasteiger partial charge is 0.331 e. The van der Waals surface area contributed by atoms with Gasteiger partial charge in [0.1, 0.15) is 12.2 Å². The third kappa shape index (κ3) is 4.06. The molecule has 1 fully saturated rings. The van der Waals surface area contributed by atoms with Crippen LogP contribution in [0, 0.1) is 0 Å². The maximum absolute atomic E-state index is 11.4. The second kappa shape index (κ2) is 6.23. The van der Waals surface area contributed by atoms with Crippen LogP contribution in [0.1, 0.15) is 33.1 Å². The van der Waals surface area contributed by atoms with Crippen LogP contribution in [-0.4, -0.2) is 24.1 Å². The lowest BCUT2D eigenvalue weighted by Gasteiger charge is -2.39. The molecule has 4 nitrogen and oxygen atoms in total. The van der Waals surface area contributed by atoms with E-state index in [1.54, 1.807) is 26.0 Å². The van der Waals surface area contributed by atoms with Crippen molar-refractivity contribution in [3.8, 4) is 0 Å². The van der Waals surface area contributed by atoms with Crippen molar-refractivity contribution in [3.05, 3.63) is 24.3 Å². The summed E-state index contributed by atoms with van der Waals surface area (Å²) >= 11 is 0. The molecule has 0 aromatic rings. The molecule has 0 saturated heterocycles. The number of hydrogen-bond donors (Lipinski definition) is 0. The maximum atomic E-state index is 11.4. The minimum absolute atomic E-state index is 0.138. The lowest BCUT2D eigenvalue weighted by atomic mass is 9.80. The Morgan fingerprint density at radius 2 is 1.71 bits per heavy atom. The fourth-order valence-corrected chi connectivity index (χ4v) is 1.62. The van der Waals surface area contributed by atoms with Crippen molar-refractivity contribution in [2.45, 2.75) is 38.7 Å². The fourth-order valence-electron chi connectivity index (χ4n) is 1.62. The van der Waals surface area contributed by atoms with Crippen LogP contribution in [0.25, 0.3) is 0 Å². The molecule has 1 aliphatic rings. The summed E-state index contributed by atoms with van der Waals surface area (Å²) in [4.78, 5) is 22.5. The monoisotopic (exact) mass is 238 g/mol. The molecule has 0 aromatic carbocycles. The summed E-state index contributed by atoms with van der Waals surface area (Å²) in [6, 6.07) is 0. The zero-order valence-corrected chi connectivity index (χ0v) is 10.3. The Labute approximate surface area is 101 Å². The Bertz CT molecular complexity index is 337. The second-order valence-electron chi connectivity index (χ2n) is 4.07.